The molecule has 0 aliphatic heterocycles. The van der Waals surface area contributed by atoms with Gasteiger partial charge in [-0.15, -0.1) is 0 Å². The van der Waals surface area contributed by atoms with Crippen LogP contribution < -0.4 is 0 Å². The Hall–Kier alpha value is -1.20. The van der Waals surface area contributed by atoms with E-state index in [9.17, 15) is 17.6 Å². The molecular weight excluding hydrogens is 200 g/mol. The van der Waals surface area contributed by atoms with Crippen molar-refractivity contribution in [3.8, 4) is 0 Å². The van der Waals surface area contributed by atoms with Crippen LogP contribution in [0.15, 0.2) is 0 Å². The molecule has 2 nitrogen and oxygen atoms in total. The van der Waals surface area contributed by atoms with Crippen LogP contribution in [0.1, 0.15) is 24.1 Å². The second kappa shape index (κ2) is 3.51. The van der Waals surface area contributed by atoms with Gasteiger partial charge in [0.15, 0.2) is 5.82 Å². The van der Waals surface area contributed by atoms with Crippen LogP contribution in [0.25, 0.3) is 0 Å². The summed E-state index contributed by atoms with van der Waals surface area (Å²) in [6.07, 6.45) is -4.51. The van der Waals surface area contributed by atoms with E-state index in [2.05, 4.69) is 9.97 Å². The lowest BCUT2D eigenvalue weighted by Gasteiger charge is -2.08. The van der Waals surface area contributed by atoms with Gasteiger partial charge >= 0.3 is 6.18 Å². The molecule has 6 heteroatoms. The molecule has 1 heterocycles. The molecule has 0 unspecified atom stereocenters. The average Bonchev–Trinajstić information content (AvgIpc) is 2.07. The van der Waals surface area contributed by atoms with E-state index in [-0.39, 0.29) is 17.8 Å². The zero-order chi connectivity index (χ0) is 10.9. The maximum absolute atomic E-state index is 13.1. The van der Waals surface area contributed by atoms with Gasteiger partial charge < -0.3 is 0 Å². The Morgan fingerprint density at radius 2 is 1.79 bits per heavy atom. The van der Waals surface area contributed by atoms with Crippen molar-refractivity contribution in [3.63, 3.8) is 0 Å². The van der Waals surface area contributed by atoms with E-state index in [0.717, 1.165) is 0 Å². The first-order valence-corrected chi connectivity index (χ1v) is 3.96. The van der Waals surface area contributed by atoms with E-state index >= 15 is 0 Å². The highest BCUT2D eigenvalue weighted by atomic mass is 19.4. The molecule has 0 saturated carbocycles. The molecule has 0 amide bonds. The number of hydrogen-bond acceptors (Lipinski definition) is 2. The molecule has 1 aromatic rings. The summed E-state index contributed by atoms with van der Waals surface area (Å²) in [6, 6.07) is 0. The lowest BCUT2D eigenvalue weighted by molar-refractivity contribution is -0.145. The highest BCUT2D eigenvalue weighted by molar-refractivity contribution is 5.14. The first-order valence-electron chi connectivity index (χ1n) is 3.96. The lowest BCUT2D eigenvalue weighted by Crippen LogP contribution is -2.15. The smallest absolute Gasteiger partial charge is 0.227 e. The Kier molecular flexibility index (Phi) is 2.73. The predicted octanol–water partition coefficient (Wildman–Crippen LogP) is 2.51. The van der Waals surface area contributed by atoms with Crippen molar-refractivity contribution in [1.82, 2.24) is 9.97 Å². The van der Waals surface area contributed by atoms with Gasteiger partial charge in [-0.05, 0) is 13.3 Å². The SMILES string of the molecule is CCc1nc(C(F)(F)F)nc(C)c1F. The Morgan fingerprint density at radius 1 is 1.21 bits per heavy atom. The van der Waals surface area contributed by atoms with Crippen molar-refractivity contribution >= 4 is 0 Å². The summed E-state index contributed by atoms with van der Waals surface area (Å²) >= 11 is 0. The van der Waals surface area contributed by atoms with Crippen LogP contribution in [0.2, 0.25) is 0 Å². The van der Waals surface area contributed by atoms with Crippen LogP contribution in [0.4, 0.5) is 17.6 Å². The molecule has 14 heavy (non-hydrogen) atoms. The Labute approximate surface area is 78.0 Å². The monoisotopic (exact) mass is 208 g/mol. The largest absolute Gasteiger partial charge is 0.451 e. The van der Waals surface area contributed by atoms with Crippen molar-refractivity contribution in [2.45, 2.75) is 26.4 Å². The molecule has 78 valence electrons. The number of rotatable bonds is 1. The van der Waals surface area contributed by atoms with E-state index in [0.29, 0.717) is 0 Å². The van der Waals surface area contributed by atoms with Crippen LogP contribution in [0.3, 0.4) is 0 Å². The van der Waals surface area contributed by atoms with Crippen molar-refractivity contribution in [1.29, 1.82) is 0 Å². The predicted molar refractivity (Wildman–Crippen MR) is 41.1 cm³/mol. The minimum Gasteiger partial charge on any atom is -0.227 e. The maximum atomic E-state index is 13.1. The molecule has 0 N–H and O–H groups in total. The molecule has 0 radical (unpaired) electrons. The van der Waals surface area contributed by atoms with Gasteiger partial charge in [0.25, 0.3) is 0 Å². The summed E-state index contributed by atoms with van der Waals surface area (Å²) in [4.78, 5) is 6.15. The number of alkyl halides is 3. The van der Waals surface area contributed by atoms with Crippen LogP contribution in [0.5, 0.6) is 0 Å². The molecule has 0 spiro atoms. The van der Waals surface area contributed by atoms with Crippen molar-refractivity contribution in [2.75, 3.05) is 0 Å². The molecule has 1 aromatic heterocycles. The molecule has 0 fully saturated rings. The quantitative estimate of drug-likeness (QED) is 0.662. The zero-order valence-electron chi connectivity index (χ0n) is 7.61. The number of aromatic nitrogens is 2. The fourth-order valence-corrected chi connectivity index (χ4v) is 0.980. The lowest BCUT2D eigenvalue weighted by atomic mass is 10.2. The number of nitrogens with zero attached hydrogens (tertiary/aromatic N) is 2. The van der Waals surface area contributed by atoms with E-state index in [4.69, 9.17) is 0 Å². The molecule has 0 atom stereocenters. The fraction of sp³-hybridized carbons (Fsp3) is 0.500. The fourth-order valence-electron chi connectivity index (χ4n) is 0.980. The van der Waals surface area contributed by atoms with Crippen LogP contribution in [-0.4, -0.2) is 9.97 Å². The summed E-state index contributed by atoms with van der Waals surface area (Å²) < 4.78 is 49.6. The van der Waals surface area contributed by atoms with Gasteiger partial charge in [0.1, 0.15) is 0 Å². The third kappa shape index (κ3) is 2.00. The van der Waals surface area contributed by atoms with Crippen LogP contribution >= 0.6 is 0 Å². The molecule has 0 aromatic carbocycles. The zero-order valence-corrected chi connectivity index (χ0v) is 7.61. The number of aryl methyl sites for hydroxylation is 2. The highest BCUT2D eigenvalue weighted by Crippen LogP contribution is 2.27. The van der Waals surface area contributed by atoms with Gasteiger partial charge in [0.2, 0.25) is 5.82 Å². The Balaban J connectivity index is 3.30. The van der Waals surface area contributed by atoms with E-state index < -0.39 is 17.8 Å². The van der Waals surface area contributed by atoms with Gasteiger partial charge in [-0.2, -0.15) is 13.2 Å². The second-order valence-corrected chi connectivity index (χ2v) is 2.74. The minimum absolute atomic E-state index is 0.109. The summed E-state index contributed by atoms with van der Waals surface area (Å²) in [6.45, 7) is 2.72. The number of hydrogen-bond donors (Lipinski definition) is 0. The number of halogens is 4. The van der Waals surface area contributed by atoms with Gasteiger partial charge in [-0.3, -0.25) is 0 Å². The molecule has 0 aliphatic carbocycles. The van der Waals surface area contributed by atoms with Crippen LogP contribution in [-0.2, 0) is 12.6 Å². The second-order valence-electron chi connectivity index (χ2n) is 2.74. The average molecular weight is 208 g/mol. The first-order chi connectivity index (χ1) is 6.36. The highest BCUT2D eigenvalue weighted by Gasteiger charge is 2.35. The van der Waals surface area contributed by atoms with E-state index in [1.807, 2.05) is 0 Å². The van der Waals surface area contributed by atoms with Gasteiger partial charge in [0, 0.05) is 0 Å². The van der Waals surface area contributed by atoms with E-state index in [1.54, 1.807) is 0 Å². The topological polar surface area (TPSA) is 25.8 Å². The van der Waals surface area contributed by atoms with Crippen molar-refractivity contribution < 1.29 is 17.6 Å². The first kappa shape index (κ1) is 10.9. The summed E-state index contributed by atoms with van der Waals surface area (Å²) in [5.41, 5.74) is -0.478. The van der Waals surface area contributed by atoms with Gasteiger partial charge in [-0.25, -0.2) is 14.4 Å². The van der Waals surface area contributed by atoms with Crippen LogP contribution in [0, 0.1) is 12.7 Å². The third-order valence-corrected chi connectivity index (χ3v) is 1.67. The summed E-state index contributed by atoms with van der Waals surface area (Å²) in [7, 11) is 0. The molecule has 0 saturated heterocycles. The Morgan fingerprint density at radius 3 is 2.21 bits per heavy atom. The minimum atomic E-state index is -4.62. The summed E-state index contributed by atoms with van der Waals surface area (Å²) in [5.74, 6) is -2.05. The molecule has 1 rings (SSSR count). The van der Waals surface area contributed by atoms with Gasteiger partial charge in [-0.1, -0.05) is 6.92 Å². The molecular formula is C8H8F4N2. The molecule has 0 aliphatic rings. The third-order valence-electron chi connectivity index (χ3n) is 1.67. The Bertz CT molecular complexity index is 346. The van der Waals surface area contributed by atoms with Crippen molar-refractivity contribution in [2.24, 2.45) is 0 Å². The molecule has 0 bridgehead atoms. The summed E-state index contributed by atoms with van der Waals surface area (Å²) in [5, 5.41) is 0. The van der Waals surface area contributed by atoms with Crippen molar-refractivity contribution in [3.05, 3.63) is 23.0 Å². The van der Waals surface area contributed by atoms with Gasteiger partial charge in [0.05, 0.1) is 11.4 Å². The standard InChI is InChI=1S/C8H8F4N2/c1-3-5-6(9)4(2)13-7(14-5)8(10,11)12/h3H2,1-2H3. The maximum Gasteiger partial charge on any atom is 0.451 e. The normalized spacial score (nSPS) is 11.9. The van der Waals surface area contributed by atoms with E-state index in [1.165, 1.54) is 13.8 Å².